The Morgan fingerprint density at radius 1 is 1.44 bits per heavy atom. The number of nitriles is 1. The maximum absolute atomic E-state index is 13.4. The van der Waals surface area contributed by atoms with Crippen molar-refractivity contribution in [1.29, 1.82) is 5.26 Å². The molecular weight excluding hydrogens is 364 g/mol. The molecule has 0 aliphatic rings. The molecule has 0 aliphatic carbocycles. The van der Waals surface area contributed by atoms with Crippen LogP contribution in [-0.4, -0.2) is 23.0 Å². The van der Waals surface area contributed by atoms with Crippen LogP contribution in [0.1, 0.15) is 11.1 Å². The van der Waals surface area contributed by atoms with Gasteiger partial charge in [0.25, 0.3) is 0 Å². The summed E-state index contributed by atoms with van der Waals surface area (Å²) >= 11 is 5.75. The number of aromatic nitrogens is 2. The Bertz CT molecular complexity index is 848. The first-order valence-corrected chi connectivity index (χ1v) is 8.03. The quantitative estimate of drug-likeness (QED) is 0.421. The molecule has 0 aliphatic heterocycles. The summed E-state index contributed by atoms with van der Waals surface area (Å²) in [6, 6.07) is 6.96. The fraction of sp³-hybridized carbons (Fsp3) is 0.118. The number of hydrogen-bond acceptors (Lipinski definition) is 5. The maximum Gasteiger partial charge on any atom is 0.321 e. The third-order valence-corrected chi connectivity index (χ3v) is 3.70. The molecule has 0 radical (unpaired) electrons. The third kappa shape index (κ3) is 4.76. The van der Waals surface area contributed by atoms with Gasteiger partial charge in [0.1, 0.15) is 23.5 Å². The van der Waals surface area contributed by atoms with Gasteiger partial charge in [-0.25, -0.2) is 14.4 Å². The SMILES string of the molecule is C=C(/C=C(\OC)c1c(C#N)cccc1Oc1ncc(Cl)cn1)C(F)P. The highest BCUT2D eigenvalue weighted by Gasteiger charge is 2.18. The van der Waals surface area contributed by atoms with Crippen molar-refractivity contribution < 1.29 is 13.9 Å². The molecule has 0 saturated carbocycles. The summed E-state index contributed by atoms with van der Waals surface area (Å²) in [6.07, 6.45) is 4.17. The molecule has 0 spiro atoms. The molecule has 1 aromatic carbocycles. The molecular formula is C17H14ClFN3O2P. The van der Waals surface area contributed by atoms with Crippen LogP contribution in [0.3, 0.4) is 0 Å². The highest BCUT2D eigenvalue weighted by molar-refractivity contribution is 7.17. The van der Waals surface area contributed by atoms with Crippen molar-refractivity contribution in [3.63, 3.8) is 0 Å². The Hall–Kier alpha value is -2.48. The number of methoxy groups -OCH3 is 1. The van der Waals surface area contributed by atoms with E-state index in [2.05, 4.69) is 22.6 Å². The van der Waals surface area contributed by atoms with Crippen molar-refractivity contribution in [3.05, 3.63) is 65.0 Å². The first-order valence-electron chi connectivity index (χ1n) is 6.99. The van der Waals surface area contributed by atoms with Crippen molar-refractivity contribution in [2.24, 2.45) is 0 Å². The normalized spacial score (nSPS) is 12.2. The van der Waals surface area contributed by atoms with Crippen LogP contribution in [-0.2, 0) is 4.74 Å². The number of hydrogen-bond donors (Lipinski definition) is 0. The maximum atomic E-state index is 13.4. The molecule has 0 amide bonds. The summed E-state index contributed by atoms with van der Waals surface area (Å²) in [6.45, 7) is 3.63. The van der Waals surface area contributed by atoms with Crippen LogP contribution in [0, 0.1) is 11.3 Å². The van der Waals surface area contributed by atoms with E-state index in [1.54, 1.807) is 18.2 Å². The number of allylic oxidation sites excluding steroid dienone is 2. The van der Waals surface area contributed by atoms with Crippen molar-refractivity contribution in [2.45, 2.75) is 5.91 Å². The van der Waals surface area contributed by atoms with E-state index in [9.17, 15) is 9.65 Å². The van der Waals surface area contributed by atoms with Gasteiger partial charge in [0.2, 0.25) is 0 Å². The van der Waals surface area contributed by atoms with Crippen molar-refractivity contribution in [3.8, 4) is 17.8 Å². The van der Waals surface area contributed by atoms with Crippen LogP contribution in [0.5, 0.6) is 11.8 Å². The van der Waals surface area contributed by atoms with Crippen molar-refractivity contribution >= 4 is 26.6 Å². The lowest BCUT2D eigenvalue weighted by Crippen LogP contribution is -2.00. The molecule has 128 valence electrons. The Balaban J connectivity index is 2.53. The second kappa shape index (κ2) is 8.57. The third-order valence-electron chi connectivity index (χ3n) is 3.08. The molecule has 1 heterocycles. The average molecular weight is 378 g/mol. The molecule has 0 fully saturated rings. The second-order valence-corrected chi connectivity index (χ2v) is 5.79. The van der Waals surface area contributed by atoms with Gasteiger partial charge in [-0.15, -0.1) is 0 Å². The van der Waals surface area contributed by atoms with Crippen LogP contribution in [0.2, 0.25) is 5.02 Å². The highest BCUT2D eigenvalue weighted by Crippen LogP contribution is 2.33. The predicted molar refractivity (Wildman–Crippen MR) is 97.0 cm³/mol. The zero-order valence-electron chi connectivity index (χ0n) is 13.2. The van der Waals surface area contributed by atoms with E-state index in [4.69, 9.17) is 21.1 Å². The smallest absolute Gasteiger partial charge is 0.321 e. The van der Waals surface area contributed by atoms with Crippen molar-refractivity contribution in [2.75, 3.05) is 7.11 Å². The Kier molecular flexibility index (Phi) is 6.46. The molecule has 2 rings (SSSR count). The van der Waals surface area contributed by atoms with E-state index in [0.29, 0.717) is 10.6 Å². The lowest BCUT2D eigenvalue weighted by atomic mass is 10.0. The molecule has 2 atom stereocenters. The summed E-state index contributed by atoms with van der Waals surface area (Å²) in [4.78, 5) is 7.91. The topological polar surface area (TPSA) is 68.0 Å². The van der Waals surface area contributed by atoms with E-state index in [1.807, 2.05) is 9.24 Å². The molecule has 0 N–H and O–H groups in total. The molecule has 0 bridgehead atoms. The Morgan fingerprint density at radius 2 is 2.12 bits per heavy atom. The summed E-state index contributed by atoms with van der Waals surface area (Å²) in [7, 11) is 3.41. The van der Waals surface area contributed by atoms with Crippen molar-refractivity contribution in [1.82, 2.24) is 9.97 Å². The highest BCUT2D eigenvalue weighted by atomic mass is 35.5. The molecule has 2 aromatic rings. The fourth-order valence-electron chi connectivity index (χ4n) is 1.90. The minimum absolute atomic E-state index is 0.0458. The van der Waals surface area contributed by atoms with Crippen LogP contribution in [0.4, 0.5) is 4.39 Å². The fourth-order valence-corrected chi connectivity index (χ4v) is 2.09. The Morgan fingerprint density at radius 3 is 2.68 bits per heavy atom. The first kappa shape index (κ1) is 18.9. The van der Waals surface area contributed by atoms with Crippen LogP contribution < -0.4 is 4.74 Å². The predicted octanol–water partition coefficient (Wildman–Crippen LogP) is 4.51. The number of nitrogens with zero attached hydrogens (tertiary/aromatic N) is 3. The molecule has 5 nitrogen and oxygen atoms in total. The zero-order chi connectivity index (χ0) is 18.4. The van der Waals surface area contributed by atoms with E-state index in [-0.39, 0.29) is 28.7 Å². The number of ether oxygens (including phenoxy) is 2. The summed E-state index contributed by atoms with van der Waals surface area (Å²) < 4.78 is 24.4. The van der Waals surface area contributed by atoms with Gasteiger partial charge < -0.3 is 9.47 Å². The second-order valence-electron chi connectivity index (χ2n) is 4.77. The van der Waals surface area contributed by atoms with Crippen LogP contribution in [0.15, 0.2) is 48.8 Å². The molecule has 1 aromatic heterocycles. The number of benzene rings is 1. The van der Waals surface area contributed by atoms with Gasteiger partial charge in [0.15, 0.2) is 0 Å². The van der Waals surface area contributed by atoms with E-state index in [1.165, 1.54) is 25.6 Å². The number of halogens is 2. The lowest BCUT2D eigenvalue weighted by Gasteiger charge is -2.14. The number of rotatable bonds is 6. The van der Waals surface area contributed by atoms with Gasteiger partial charge in [0.05, 0.1) is 35.7 Å². The van der Waals surface area contributed by atoms with Crippen LogP contribution in [0.25, 0.3) is 5.76 Å². The summed E-state index contributed by atoms with van der Waals surface area (Å²) in [5.41, 5.74) is 0.799. The van der Waals surface area contributed by atoms with Gasteiger partial charge in [-0.05, 0) is 23.8 Å². The van der Waals surface area contributed by atoms with Gasteiger partial charge in [-0.2, -0.15) is 5.26 Å². The molecule has 0 saturated heterocycles. The minimum Gasteiger partial charge on any atom is -0.496 e. The largest absolute Gasteiger partial charge is 0.496 e. The summed E-state index contributed by atoms with van der Waals surface area (Å²) in [5.74, 6) is -0.832. The van der Waals surface area contributed by atoms with Gasteiger partial charge in [-0.1, -0.05) is 33.5 Å². The van der Waals surface area contributed by atoms with Gasteiger partial charge in [0, 0.05) is 0 Å². The minimum atomic E-state index is -1.34. The monoisotopic (exact) mass is 377 g/mol. The summed E-state index contributed by atoms with van der Waals surface area (Å²) in [5, 5.41) is 9.76. The zero-order valence-corrected chi connectivity index (χ0v) is 15.2. The molecule has 8 heteroatoms. The van der Waals surface area contributed by atoms with E-state index in [0.717, 1.165) is 0 Å². The standard InChI is InChI=1S/C17H14ClFN3O2P/c1-10(16(19)25)6-14(23-2)15-11(7-20)4-3-5-13(15)24-17-21-8-12(18)9-22-17/h3-6,8-9,16H,1,25H2,2H3/b14-6-. The van der Waals surface area contributed by atoms with E-state index >= 15 is 0 Å². The Labute approximate surface area is 152 Å². The molecule has 2 unspecified atom stereocenters. The first-order chi connectivity index (χ1) is 12.0. The average Bonchev–Trinajstić information content (AvgIpc) is 2.61. The van der Waals surface area contributed by atoms with Gasteiger partial charge >= 0.3 is 6.01 Å². The van der Waals surface area contributed by atoms with E-state index < -0.39 is 5.91 Å². The number of alkyl halides is 1. The van der Waals surface area contributed by atoms with Gasteiger partial charge in [-0.3, -0.25) is 0 Å². The van der Waals surface area contributed by atoms with Crippen LogP contribution >= 0.6 is 20.8 Å². The molecule has 25 heavy (non-hydrogen) atoms. The lowest BCUT2D eigenvalue weighted by molar-refractivity contribution is 0.364.